The molecule has 0 aliphatic rings. The van der Waals surface area contributed by atoms with Crippen LogP contribution in [-0.2, 0) is 13.1 Å². The predicted molar refractivity (Wildman–Crippen MR) is 73.0 cm³/mol. The van der Waals surface area contributed by atoms with Gasteiger partial charge in [0.2, 0.25) is 0 Å². The second-order valence-electron chi connectivity index (χ2n) is 5.00. The van der Waals surface area contributed by atoms with E-state index in [0.717, 1.165) is 0 Å². The van der Waals surface area contributed by atoms with E-state index in [1.165, 1.54) is 63.9 Å². The lowest BCUT2D eigenvalue weighted by Crippen LogP contribution is -2.35. The summed E-state index contributed by atoms with van der Waals surface area (Å²) in [6.07, 6.45) is 13.8. The molecule has 98 valence electrons. The highest BCUT2D eigenvalue weighted by molar-refractivity contribution is 4.79. The Morgan fingerprint density at radius 3 is 2.41 bits per heavy atom. The number of hydrogen-bond acceptors (Lipinski definition) is 0. The van der Waals surface area contributed by atoms with Gasteiger partial charge in [-0.05, 0) is 25.7 Å². The van der Waals surface area contributed by atoms with Gasteiger partial charge in [-0.3, -0.25) is 0 Å². The highest BCUT2D eigenvalue weighted by atomic mass is 15.1. The summed E-state index contributed by atoms with van der Waals surface area (Å²) in [6, 6.07) is 0. The third-order valence-electron chi connectivity index (χ3n) is 3.51. The molecule has 1 rings (SSSR count). The molecule has 0 bridgehead atoms. The highest BCUT2D eigenvalue weighted by Crippen LogP contribution is 2.03. The molecule has 0 saturated heterocycles. The molecule has 1 aromatic heterocycles. The average molecular weight is 237 g/mol. The molecule has 0 aromatic carbocycles. The van der Waals surface area contributed by atoms with Gasteiger partial charge < -0.3 is 0 Å². The van der Waals surface area contributed by atoms with E-state index in [0.29, 0.717) is 0 Å². The highest BCUT2D eigenvalue weighted by Gasteiger charge is 2.10. The zero-order valence-corrected chi connectivity index (χ0v) is 11.9. The van der Waals surface area contributed by atoms with E-state index in [-0.39, 0.29) is 0 Å². The molecular formula is C15H29N2+. The SMILES string of the molecule is CCCCCC[n+]1ccn(CCCCC)c1C. The van der Waals surface area contributed by atoms with Crippen LogP contribution in [0, 0.1) is 6.92 Å². The van der Waals surface area contributed by atoms with Gasteiger partial charge in [0.15, 0.2) is 0 Å². The quantitative estimate of drug-likeness (QED) is 0.455. The number of aryl methyl sites for hydroxylation is 2. The molecule has 1 aromatic rings. The van der Waals surface area contributed by atoms with E-state index in [9.17, 15) is 0 Å². The Morgan fingerprint density at radius 1 is 1.00 bits per heavy atom. The molecule has 0 N–H and O–H groups in total. The standard InChI is InChI=1S/C15H29N2/c1-4-6-8-10-12-17-14-13-16(15(17)3)11-9-7-5-2/h13-14H,4-12H2,1-3H3/q+1. The van der Waals surface area contributed by atoms with E-state index in [4.69, 9.17) is 0 Å². The van der Waals surface area contributed by atoms with Crippen molar-refractivity contribution in [2.45, 2.75) is 78.8 Å². The Labute approximate surface area is 107 Å². The molecule has 2 heteroatoms. The molecule has 0 saturated carbocycles. The van der Waals surface area contributed by atoms with Gasteiger partial charge in [0.1, 0.15) is 12.4 Å². The minimum atomic E-state index is 1.18. The van der Waals surface area contributed by atoms with Crippen LogP contribution in [0.1, 0.15) is 64.6 Å². The Hall–Kier alpha value is -0.790. The van der Waals surface area contributed by atoms with Crippen LogP contribution < -0.4 is 4.57 Å². The van der Waals surface area contributed by atoms with Crippen molar-refractivity contribution in [1.82, 2.24) is 4.57 Å². The van der Waals surface area contributed by atoms with Crippen molar-refractivity contribution in [3.05, 3.63) is 18.2 Å². The lowest BCUT2D eigenvalue weighted by molar-refractivity contribution is -0.702. The summed E-state index contributed by atoms with van der Waals surface area (Å²) in [5.41, 5.74) is 0. The minimum Gasteiger partial charge on any atom is -0.234 e. The lowest BCUT2D eigenvalue weighted by atomic mass is 10.2. The minimum absolute atomic E-state index is 1.18. The van der Waals surface area contributed by atoms with Crippen LogP contribution in [0.25, 0.3) is 0 Å². The zero-order valence-electron chi connectivity index (χ0n) is 11.9. The molecule has 0 atom stereocenters. The summed E-state index contributed by atoms with van der Waals surface area (Å²) in [5.74, 6) is 1.41. The van der Waals surface area contributed by atoms with E-state index in [1.807, 2.05) is 0 Å². The first-order valence-corrected chi connectivity index (χ1v) is 7.34. The largest absolute Gasteiger partial charge is 0.253 e. The first-order valence-electron chi connectivity index (χ1n) is 7.34. The van der Waals surface area contributed by atoms with Gasteiger partial charge in [-0.15, -0.1) is 0 Å². The van der Waals surface area contributed by atoms with Crippen LogP contribution >= 0.6 is 0 Å². The van der Waals surface area contributed by atoms with Gasteiger partial charge in [0.25, 0.3) is 5.82 Å². The Bertz CT molecular complexity index is 302. The number of hydrogen-bond donors (Lipinski definition) is 0. The van der Waals surface area contributed by atoms with Gasteiger partial charge in [0.05, 0.1) is 13.1 Å². The first kappa shape index (κ1) is 14.3. The van der Waals surface area contributed by atoms with E-state index in [2.05, 4.69) is 42.3 Å². The third kappa shape index (κ3) is 4.93. The van der Waals surface area contributed by atoms with Crippen molar-refractivity contribution in [2.24, 2.45) is 0 Å². The van der Waals surface area contributed by atoms with Crippen LogP contribution in [0.3, 0.4) is 0 Å². The van der Waals surface area contributed by atoms with Crippen LogP contribution in [0.4, 0.5) is 0 Å². The molecule has 1 heterocycles. The number of imidazole rings is 1. The lowest BCUT2D eigenvalue weighted by Gasteiger charge is -2.01. The second kappa shape index (κ2) is 8.32. The molecule has 0 radical (unpaired) electrons. The van der Waals surface area contributed by atoms with Gasteiger partial charge in [-0.2, -0.15) is 0 Å². The molecule has 0 unspecified atom stereocenters. The molecule has 0 aliphatic carbocycles. The van der Waals surface area contributed by atoms with Gasteiger partial charge in [-0.25, -0.2) is 9.13 Å². The summed E-state index contributed by atoms with van der Waals surface area (Å²) >= 11 is 0. The van der Waals surface area contributed by atoms with Crippen LogP contribution in [0.5, 0.6) is 0 Å². The molecule has 0 spiro atoms. The van der Waals surface area contributed by atoms with Gasteiger partial charge in [-0.1, -0.05) is 33.1 Å². The Kier molecular flexibility index (Phi) is 6.99. The predicted octanol–water partition coefficient (Wildman–Crippen LogP) is 3.85. The molecule has 2 nitrogen and oxygen atoms in total. The third-order valence-corrected chi connectivity index (χ3v) is 3.51. The summed E-state index contributed by atoms with van der Waals surface area (Å²) in [6.45, 7) is 9.14. The number of rotatable bonds is 9. The maximum absolute atomic E-state index is 2.40. The van der Waals surface area contributed by atoms with Crippen LogP contribution in [0.2, 0.25) is 0 Å². The van der Waals surface area contributed by atoms with Crippen molar-refractivity contribution >= 4 is 0 Å². The topological polar surface area (TPSA) is 8.81 Å². The fraction of sp³-hybridized carbons (Fsp3) is 0.800. The Morgan fingerprint density at radius 2 is 1.71 bits per heavy atom. The van der Waals surface area contributed by atoms with Gasteiger partial charge in [0, 0.05) is 6.92 Å². The van der Waals surface area contributed by atoms with E-state index in [1.54, 1.807) is 0 Å². The second-order valence-corrected chi connectivity index (χ2v) is 5.00. The fourth-order valence-corrected chi connectivity index (χ4v) is 2.26. The number of aromatic nitrogens is 2. The van der Waals surface area contributed by atoms with Crippen molar-refractivity contribution in [3.63, 3.8) is 0 Å². The van der Waals surface area contributed by atoms with Crippen molar-refractivity contribution in [2.75, 3.05) is 0 Å². The van der Waals surface area contributed by atoms with Crippen LogP contribution in [-0.4, -0.2) is 4.57 Å². The Balaban J connectivity index is 2.35. The average Bonchev–Trinajstić information content (AvgIpc) is 2.67. The fourth-order valence-electron chi connectivity index (χ4n) is 2.26. The van der Waals surface area contributed by atoms with E-state index >= 15 is 0 Å². The molecule has 0 amide bonds. The van der Waals surface area contributed by atoms with Gasteiger partial charge >= 0.3 is 0 Å². The number of nitrogens with zero attached hydrogens (tertiary/aromatic N) is 2. The maximum Gasteiger partial charge on any atom is 0.253 e. The summed E-state index contributed by atoms with van der Waals surface area (Å²) in [7, 11) is 0. The van der Waals surface area contributed by atoms with Crippen molar-refractivity contribution < 1.29 is 4.57 Å². The molecule has 17 heavy (non-hydrogen) atoms. The van der Waals surface area contributed by atoms with Crippen molar-refractivity contribution in [1.29, 1.82) is 0 Å². The molecule has 0 fully saturated rings. The molecular weight excluding hydrogens is 208 g/mol. The number of unbranched alkanes of at least 4 members (excludes halogenated alkanes) is 5. The maximum atomic E-state index is 2.40. The van der Waals surface area contributed by atoms with Crippen molar-refractivity contribution in [3.8, 4) is 0 Å². The smallest absolute Gasteiger partial charge is 0.234 e. The zero-order chi connectivity index (χ0) is 12.5. The van der Waals surface area contributed by atoms with E-state index < -0.39 is 0 Å². The van der Waals surface area contributed by atoms with Crippen LogP contribution in [0.15, 0.2) is 12.4 Å². The monoisotopic (exact) mass is 237 g/mol. The molecule has 0 aliphatic heterocycles. The normalized spacial score (nSPS) is 11.0. The summed E-state index contributed by atoms with van der Waals surface area (Å²) in [4.78, 5) is 0. The first-order chi connectivity index (χ1) is 8.29. The summed E-state index contributed by atoms with van der Waals surface area (Å²) < 4.78 is 4.80. The summed E-state index contributed by atoms with van der Waals surface area (Å²) in [5, 5.41) is 0.